The van der Waals surface area contributed by atoms with Crippen LogP contribution < -0.4 is 15.4 Å². The number of ether oxygens (including phenoxy) is 1. The van der Waals surface area contributed by atoms with Gasteiger partial charge < -0.3 is 10.1 Å². The predicted molar refractivity (Wildman–Crippen MR) is 94.1 cm³/mol. The van der Waals surface area contributed by atoms with Gasteiger partial charge in [0.1, 0.15) is 5.75 Å². The van der Waals surface area contributed by atoms with Gasteiger partial charge in [0.15, 0.2) is 6.61 Å². The molecule has 0 aliphatic heterocycles. The minimum absolute atomic E-state index is 0.271. The summed E-state index contributed by atoms with van der Waals surface area (Å²) >= 11 is 6.19. The van der Waals surface area contributed by atoms with E-state index >= 15 is 0 Å². The van der Waals surface area contributed by atoms with E-state index in [0.29, 0.717) is 10.8 Å². The van der Waals surface area contributed by atoms with Crippen molar-refractivity contribution in [1.82, 2.24) is 10.6 Å². The summed E-state index contributed by atoms with van der Waals surface area (Å²) in [6, 6.07) is 14.5. The second-order valence-corrected chi connectivity index (χ2v) is 5.25. The topological polar surface area (TPSA) is 67.4 Å². The fourth-order valence-corrected chi connectivity index (χ4v) is 2.18. The highest BCUT2D eigenvalue weighted by molar-refractivity contribution is 6.32. The Labute approximate surface area is 145 Å². The van der Waals surface area contributed by atoms with Crippen LogP contribution in [0, 0.1) is 0 Å². The van der Waals surface area contributed by atoms with Crippen LogP contribution in [0.2, 0.25) is 5.02 Å². The smallest absolute Gasteiger partial charge is 0.321 e. The van der Waals surface area contributed by atoms with E-state index in [0.717, 1.165) is 11.1 Å². The highest BCUT2D eigenvalue weighted by Crippen LogP contribution is 2.30. The minimum Gasteiger partial charge on any atom is -0.482 e. The average Bonchev–Trinajstić information content (AvgIpc) is 2.59. The molecule has 2 aromatic carbocycles. The maximum Gasteiger partial charge on any atom is 0.321 e. The van der Waals surface area contributed by atoms with E-state index in [4.69, 9.17) is 16.3 Å². The standard InChI is InChI=1S/C18H17ClN2O3/c1-2-10-20-18(23)21-17(22)12-24-16-9-8-14(11-15(16)19)13-6-4-3-5-7-13/h2-9,11H,1,10,12H2,(H2,20,21,22,23). The van der Waals surface area contributed by atoms with E-state index < -0.39 is 11.9 Å². The lowest BCUT2D eigenvalue weighted by Crippen LogP contribution is -2.41. The van der Waals surface area contributed by atoms with Gasteiger partial charge in [-0.1, -0.05) is 54.1 Å². The molecular formula is C18H17ClN2O3. The summed E-state index contributed by atoms with van der Waals surface area (Å²) in [6.45, 7) is 3.42. The summed E-state index contributed by atoms with van der Waals surface area (Å²) in [4.78, 5) is 22.9. The molecule has 6 heteroatoms. The lowest BCUT2D eigenvalue weighted by molar-refractivity contribution is -0.122. The molecule has 5 nitrogen and oxygen atoms in total. The molecule has 0 aromatic heterocycles. The van der Waals surface area contributed by atoms with Gasteiger partial charge in [-0.25, -0.2) is 4.79 Å². The Morgan fingerprint density at radius 2 is 1.88 bits per heavy atom. The first-order valence-corrected chi connectivity index (χ1v) is 7.64. The average molecular weight is 345 g/mol. The number of carbonyl (C=O) groups is 2. The fourth-order valence-electron chi connectivity index (χ4n) is 1.94. The lowest BCUT2D eigenvalue weighted by atomic mass is 10.1. The zero-order valence-electron chi connectivity index (χ0n) is 12.9. The number of amides is 3. The van der Waals surface area contributed by atoms with Crippen LogP contribution in [0.15, 0.2) is 61.2 Å². The third-order valence-corrected chi connectivity index (χ3v) is 3.35. The van der Waals surface area contributed by atoms with Crippen molar-refractivity contribution in [2.45, 2.75) is 0 Å². The van der Waals surface area contributed by atoms with E-state index in [9.17, 15) is 9.59 Å². The summed E-state index contributed by atoms with van der Waals surface area (Å²) in [7, 11) is 0. The van der Waals surface area contributed by atoms with Crippen molar-refractivity contribution in [3.05, 3.63) is 66.2 Å². The maximum atomic E-state index is 11.6. The Morgan fingerprint density at radius 1 is 1.12 bits per heavy atom. The molecule has 0 atom stereocenters. The number of benzene rings is 2. The van der Waals surface area contributed by atoms with Crippen molar-refractivity contribution in [2.75, 3.05) is 13.2 Å². The molecule has 124 valence electrons. The summed E-state index contributed by atoms with van der Waals surface area (Å²) in [5.74, 6) is -0.197. The van der Waals surface area contributed by atoms with Crippen LogP contribution in [0.4, 0.5) is 4.79 Å². The summed E-state index contributed by atoms with van der Waals surface area (Å²) in [5, 5.41) is 4.95. The molecular weight excluding hydrogens is 328 g/mol. The van der Waals surface area contributed by atoms with Crippen LogP contribution in [0.25, 0.3) is 11.1 Å². The van der Waals surface area contributed by atoms with Crippen molar-refractivity contribution in [2.24, 2.45) is 0 Å². The molecule has 2 aromatic rings. The van der Waals surface area contributed by atoms with E-state index in [-0.39, 0.29) is 13.2 Å². The lowest BCUT2D eigenvalue weighted by Gasteiger charge is -2.10. The Balaban J connectivity index is 1.92. The van der Waals surface area contributed by atoms with Crippen molar-refractivity contribution in [3.63, 3.8) is 0 Å². The van der Waals surface area contributed by atoms with Gasteiger partial charge in [0, 0.05) is 6.54 Å². The summed E-state index contributed by atoms with van der Waals surface area (Å²) in [6.07, 6.45) is 1.51. The van der Waals surface area contributed by atoms with Crippen molar-refractivity contribution in [3.8, 4) is 16.9 Å². The first-order chi connectivity index (χ1) is 11.6. The van der Waals surface area contributed by atoms with Gasteiger partial charge in [-0.2, -0.15) is 0 Å². The Hall–Kier alpha value is -2.79. The molecule has 2 N–H and O–H groups in total. The molecule has 0 bridgehead atoms. The van der Waals surface area contributed by atoms with Gasteiger partial charge in [0.2, 0.25) is 0 Å². The van der Waals surface area contributed by atoms with Gasteiger partial charge in [0.25, 0.3) is 5.91 Å². The van der Waals surface area contributed by atoms with Crippen molar-refractivity contribution >= 4 is 23.5 Å². The highest BCUT2D eigenvalue weighted by Gasteiger charge is 2.10. The van der Waals surface area contributed by atoms with Crippen molar-refractivity contribution < 1.29 is 14.3 Å². The number of urea groups is 1. The van der Waals surface area contributed by atoms with E-state index in [2.05, 4.69) is 17.2 Å². The monoisotopic (exact) mass is 344 g/mol. The third-order valence-electron chi connectivity index (χ3n) is 3.06. The highest BCUT2D eigenvalue weighted by atomic mass is 35.5. The minimum atomic E-state index is -0.603. The molecule has 0 aliphatic carbocycles. The quantitative estimate of drug-likeness (QED) is 0.789. The second-order valence-electron chi connectivity index (χ2n) is 4.85. The first-order valence-electron chi connectivity index (χ1n) is 7.26. The number of rotatable bonds is 6. The normalized spacial score (nSPS) is 9.88. The number of hydrogen-bond donors (Lipinski definition) is 2. The molecule has 0 radical (unpaired) electrons. The number of hydrogen-bond acceptors (Lipinski definition) is 3. The first kappa shape index (κ1) is 17.6. The molecule has 0 spiro atoms. The van der Waals surface area contributed by atoms with Gasteiger partial charge in [-0.3, -0.25) is 10.1 Å². The van der Waals surface area contributed by atoms with E-state index in [1.807, 2.05) is 36.4 Å². The third kappa shape index (κ3) is 5.14. The molecule has 24 heavy (non-hydrogen) atoms. The molecule has 0 saturated heterocycles. The largest absolute Gasteiger partial charge is 0.482 e. The predicted octanol–water partition coefficient (Wildman–Crippen LogP) is 3.40. The molecule has 0 saturated carbocycles. The number of imide groups is 1. The number of carbonyl (C=O) groups excluding carboxylic acids is 2. The number of nitrogens with one attached hydrogen (secondary N) is 2. The zero-order valence-corrected chi connectivity index (χ0v) is 13.7. The molecule has 0 unspecified atom stereocenters. The van der Waals surface area contributed by atoms with Gasteiger partial charge in [-0.15, -0.1) is 6.58 Å². The second kappa shape index (κ2) is 8.74. The Morgan fingerprint density at radius 3 is 2.54 bits per heavy atom. The van der Waals surface area contributed by atoms with Crippen LogP contribution in [0.5, 0.6) is 5.75 Å². The Kier molecular flexibility index (Phi) is 6.40. The van der Waals surface area contributed by atoms with Crippen LogP contribution in [-0.4, -0.2) is 25.1 Å². The molecule has 0 aliphatic rings. The van der Waals surface area contributed by atoms with Crippen LogP contribution >= 0.6 is 11.6 Å². The number of halogens is 1. The zero-order chi connectivity index (χ0) is 17.4. The van der Waals surface area contributed by atoms with Crippen LogP contribution in [0.3, 0.4) is 0 Å². The Bertz CT molecular complexity index is 732. The molecule has 2 rings (SSSR count). The molecule has 3 amide bonds. The van der Waals surface area contributed by atoms with Crippen molar-refractivity contribution in [1.29, 1.82) is 0 Å². The fraction of sp³-hybridized carbons (Fsp3) is 0.111. The molecule has 0 fully saturated rings. The maximum absolute atomic E-state index is 11.6. The van der Waals surface area contributed by atoms with Gasteiger partial charge >= 0.3 is 6.03 Å². The summed E-state index contributed by atoms with van der Waals surface area (Å²) in [5.41, 5.74) is 1.98. The van der Waals surface area contributed by atoms with E-state index in [1.165, 1.54) is 6.08 Å². The van der Waals surface area contributed by atoms with Crippen LogP contribution in [0.1, 0.15) is 0 Å². The van der Waals surface area contributed by atoms with Gasteiger partial charge in [0.05, 0.1) is 5.02 Å². The SMILES string of the molecule is C=CCNC(=O)NC(=O)COc1ccc(-c2ccccc2)cc1Cl. The van der Waals surface area contributed by atoms with E-state index in [1.54, 1.807) is 12.1 Å². The van der Waals surface area contributed by atoms with Crippen LogP contribution in [-0.2, 0) is 4.79 Å². The molecule has 0 heterocycles. The summed E-state index contributed by atoms with van der Waals surface area (Å²) < 4.78 is 5.35. The van der Waals surface area contributed by atoms with Gasteiger partial charge in [-0.05, 0) is 23.3 Å².